The van der Waals surface area contributed by atoms with E-state index >= 15 is 0 Å². The van der Waals surface area contributed by atoms with Crippen LogP contribution in [-0.2, 0) is 16.8 Å². The van der Waals surface area contributed by atoms with Crippen molar-refractivity contribution in [2.75, 3.05) is 18.6 Å². The van der Waals surface area contributed by atoms with Crippen LogP contribution in [0, 0.1) is 0 Å². The summed E-state index contributed by atoms with van der Waals surface area (Å²) in [5.74, 6) is -0.0917. The standard InChI is InChI=1S/C20H22ClN3O3/c1-5-23(19(26)27-4)12-13-8-15(11-22-10-13)24-18(25)16-7-6-14(21)9-17(16)20(24,2)3/h6-11H,5,12H2,1-4H3. The van der Waals surface area contributed by atoms with Crippen molar-refractivity contribution >= 4 is 29.3 Å². The zero-order valence-electron chi connectivity index (χ0n) is 15.8. The summed E-state index contributed by atoms with van der Waals surface area (Å²) < 4.78 is 4.80. The Morgan fingerprint density at radius 1 is 1.30 bits per heavy atom. The van der Waals surface area contributed by atoms with E-state index in [4.69, 9.17) is 16.3 Å². The molecule has 0 saturated heterocycles. The van der Waals surface area contributed by atoms with Gasteiger partial charge in [-0.05, 0) is 56.2 Å². The van der Waals surface area contributed by atoms with Gasteiger partial charge in [-0.25, -0.2) is 4.79 Å². The first-order valence-electron chi connectivity index (χ1n) is 8.71. The van der Waals surface area contributed by atoms with E-state index in [1.807, 2.05) is 32.9 Å². The molecule has 0 aliphatic carbocycles. The van der Waals surface area contributed by atoms with Crippen molar-refractivity contribution in [3.63, 3.8) is 0 Å². The van der Waals surface area contributed by atoms with Gasteiger partial charge in [-0.1, -0.05) is 11.6 Å². The van der Waals surface area contributed by atoms with E-state index in [1.54, 1.807) is 34.3 Å². The molecule has 0 unspecified atom stereocenters. The second kappa shape index (κ2) is 7.19. The largest absolute Gasteiger partial charge is 0.453 e. The van der Waals surface area contributed by atoms with Gasteiger partial charge in [0.2, 0.25) is 0 Å². The van der Waals surface area contributed by atoms with E-state index in [0.717, 1.165) is 11.1 Å². The van der Waals surface area contributed by atoms with Crippen LogP contribution in [0.1, 0.15) is 42.3 Å². The molecule has 3 rings (SSSR count). The fourth-order valence-electron chi connectivity index (χ4n) is 3.48. The van der Waals surface area contributed by atoms with Crippen molar-refractivity contribution in [3.8, 4) is 0 Å². The summed E-state index contributed by atoms with van der Waals surface area (Å²) in [7, 11) is 1.35. The Morgan fingerprint density at radius 2 is 2.04 bits per heavy atom. The smallest absolute Gasteiger partial charge is 0.409 e. The van der Waals surface area contributed by atoms with Crippen molar-refractivity contribution < 1.29 is 14.3 Å². The third kappa shape index (κ3) is 3.37. The lowest BCUT2D eigenvalue weighted by Gasteiger charge is -2.32. The van der Waals surface area contributed by atoms with Crippen LogP contribution in [0.5, 0.6) is 0 Å². The topological polar surface area (TPSA) is 62.7 Å². The van der Waals surface area contributed by atoms with Crippen molar-refractivity contribution in [1.82, 2.24) is 9.88 Å². The average molecular weight is 388 g/mol. The Labute approximate surface area is 163 Å². The minimum Gasteiger partial charge on any atom is -0.453 e. The van der Waals surface area contributed by atoms with E-state index in [-0.39, 0.29) is 5.91 Å². The molecule has 1 aromatic carbocycles. The Kier molecular flexibility index (Phi) is 5.11. The number of nitrogens with zero attached hydrogens (tertiary/aromatic N) is 3. The van der Waals surface area contributed by atoms with Gasteiger partial charge in [0.1, 0.15) is 0 Å². The van der Waals surface area contributed by atoms with Gasteiger partial charge in [0.25, 0.3) is 5.91 Å². The predicted octanol–water partition coefficient (Wildman–Crippen LogP) is 4.22. The normalized spacial score (nSPS) is 14.9. The van der Waals surface area contributed by atoms with Gasteiger partial charge in [0.05, 0.1) is 31.1 Å². The second-order valence-corrected chi connectivity index (χ2v) is 7.36. The molecule has 2 aromatic rings. The molecule has 0 saturated carbocycles. The first-order chi connectivity index (χ1) is 12.8. The summed E-state index contributed by atoms with van der Waals surface area (Å²) in [6.07, 6.45) is 2.94. The van der Waals surface area contributed by atoms with Crippen LogP contribution in [0.25, 0.3) is 0 Å². The molecule has 7 heteroatoms. The summed E-state index contributed by atoms with van der Waals surface area (Å²) in [5.41, 5.74) is 2.45. The molecule has 1 aliphatic rings. The number of halogens is 1. The van der Waals surface area contributed by atoms with Crippen LogP contribution in [0.3, 0.4) is 0 Å². The zero-order chi connectivity index (χ0) is 19.8. The lowest BCUT2D eigenvalue weighted by Crippen LogP contribution is -2.39. The average Bonchev–Trinajstić information content (AvgIpc) is 2.84. The molecule has 0 radical (unpaired) electrons. The molecule has 0 N–H and O–H groups in total. The molecule has 1 aromatic heterocycles. The van der Waals surface area contributed by atoms with Gasteiger partial charge >= 0.3 is 6.09 Å². The first kappa shape index (κ1) is 19.2. The molecule has 6 nitrogen and oxygen atoms in total. The van der Waals surface area contributed by atoms with E-state index in [1.165, 1.54) is 7.11 Å². The maximum atomic E-state index is 13.0. The number of pyridine rings is 1. The van der Waals surface area contributed by atoms with Crippen LogP contribution in [0.2, 0.25) is 5.02 Å². The van der Waals surface area contributed by atoms with E-state index in [2.05, 4.69) is 4.98 Å². The first-order valence-corrected chi connectivity index (χ1v) is 9.08. The van der Waals surface area contributed by atoms with Gasteiger partial charge in [-0.15, -0.1) is 0 Å². The number of anilines is 1. The van der Waals surface area contributed by atoms with Crippen molar-refractivity contribution in [2.45, 2.75) is 32.9 Å². The number of benzene rings is 1. The minimum absolute atomic E-state index is 0.0917. The van der Waals surface area contributed by atoms with Crippen LogP contribution in [0.4, 0.5) is 10.5 Å². The SMILES string of the molecule is CCN(Cc1cncc(N2C(=O)c3ccc(Cl)cc3C2(C)C)c1)C(=O)OC. The van der Waals surface area contributed by atoms with E-state index in [0.29, 0.717) is 29.4 Å². The van der Waals surface area contributed by atoms with Crippen molar-refractivity contribution in [3.05, 3.63) is 58.4 Å². The summed E-state index contributed by atoms with van der Waals surface area (Å²) in [5, 5.41) is 0.597. The minimum atomic E-state index is -0.565. The predicted molar refractivity (Wildman–Crippen MR) is 104 cm³/mol. The number of hydrogen-bond donors (Lipinski definition) is 0. The Morgan fingerprint density at radius 3 is 2.70 bits per heavy atom. The molecule has 27 heavy (non-hydrogen) atoms. The van der Waals surface area contributed by atoms with Gasteiger partial charge in [-0.3, -0.25) is 14.7 Å². The van der Waals surface area contributed by atoms with Crippen LogP contribution < -0.4 is 4.90 Å². The number of fused-ring (bicyclic) bond motifs is 1. The number of carbonyl (C=O) groups excluding carboxylic acids is 2. The maximum Gasteiger partial charge on any atom is 0.409 e. The van der Waals surface area contributed by atoms with Crippen molar-refractivity contribution in [2.24, 2.45) is 0 Å². The van der Waals surface area contributed by atoms with E-state index in [9.17, 15) is 9.59 Å². The van der Waals surface area contributed by atoms with Crippen molar-refractivity contribution in [1.29, 1.82) is 0 Å². The van der Waals surface area contributed by atoms with Crippen LogP contribution in [0.15, 0.2) is 36.7 Å². The number of carbonyl (C=O) groups is 2. The molecule has 2 amide bonds. The molecule has 2 heterocycles. The van der Waals surface area contributed by atoms with Gasteiger partial charge in [0, 0.05) is 23.3 Å². The van der Waals surface area contributed by atoms with Crippen LogP contribution >= 0.6 is 11.6 Å². The highest BCUT2D eigenvalue weighted by atomic mass is 35.5. The molecular weight excluding hydrogens is 366 g/mol. The molecular formula is C20H22ClN3O3. The molecule has 142 valence electrons. The monoisotopic (exact) mass is 387 g/mol. The molecule has 0 fully saturated rings. The van der Waals surface area contributed by atoms with Crippen LogP contribution in [-0.4, -0.2) is 35.5 Å². The second-order valence-electron chi connectivity index (χ2n) is 6.93. The highest BCUT2D eigenvalue weighted by molar-refractivity contribution is 6.31. The highest BCUT2D eigenvalue weighted by Gasteiger charge is 2.44. The van der Waals surface area contributed by atoms with Gasteiger partial charge in [0.15, 0.2) is 0 Å². The molecule has 1 aliphatic heterocycles. The summed E-state index contributed by atoms with van der Waals surface area (Å²) >= 11 is 6.14. The Bertz CT molecular complexity index is 898. The Hall–Kier alpha value is -2.60. The number of rotatable bonds is 4. The van der Waals surface area contributed by atoms with Gasteiger partial charge in [-0.2, -0.15) is 0 Å². The number of amides is 2. The van der Waals surface area contributed by atoms with E-state index < -0.39 is 11.6 Å². The quantitative estimate of drug-likeness (QED) is 0.788. The summed E-state index contributed by atoms with van der Waals surface area (Å²) in [6.45, 7) is 6.70. The number of methoxy groups -OCH3 is 1. The summed E-state index contributed by atoms with van der Waals surface area (Å²) in [6, 6.07) is 7.20. The lowest BCUT2D eigenvalue weighted by molar-refractivity contribution is 0.0981. The highest BCUT2D eigenvalue weighted by Crippen LogP contribution is 2.42. The zero-order valence-corrected chi connectivity index (χ0v) is 16.6. The third-order valence-corrected chi connectivity index (χ3v) is 5.09. The molecule has 0 bridgehead atoms. The third-order valence-electron chi connectivity index (χ3n) is 4.86. The fourth-order valence-corrected chi connectivity index (χ4v) is 3.65. The molecule has 0 spiro atoms. The molecule has 0 atom stereocenters. The number of ether oxygens (including phenoxy) is 1. The maximum absolute atomic E-state index is 13.0. The Balaban J connectivity index is 1.96. The fraction of sp³-hybridized carbons (Fsp3) is 0.350. The number of hydrogen-bond acceptors (Lipinski definition) is 4. The lowest BCUT2D eigenvalue weighted by atomic mass is 9.93. The van der Waals surface area contributed by atoms with Gasteiger partial charge < -0.3 is 9.64 Å². The number of aromatic nitrogens is 1. The summed E-state index contributed by atoms with van der Waals surface area (Å²) in [4.78, 5) is 32.4.